The predicted molar refractivity (Wildman–Crippen MR) is 250 cm³/mol. The highest BCUT2D eigenvalue weighted by molar-refractivity contribution is 6.25. The molecule has 3 aromatic heterocycles. The highest BCUT2D eigenvalue weighted by atomic mass is 15.1. The number of rotatable bonds is 6. The molecule has 12 rings (SSSR count). The highest BCUT2D eigenvalue weighted by Gasteiger charge is 2.33. The molecule has 0 N–H and O–H groups in total. The Morgan fingerprint density at radius 1 is 0.483 bits per heavy atom. The van der Waals surface area contributed by atoms with E-state index in [1.807, 2.05) is 18.3 Å². The Hall–Kier alpha value is -7.63. The van der Waals surface area contributed by atoms with Gasteiger partial charge in [0.15, 0.2) is 5.84 Å². The van der Waals surface area contributed by atoms with Gasteiger partial charge in [-0.3, -0.25) is 9.56 Å². The maximum Gasteiger partial charge on any atom is 0.155 e. The van der Waals surface area contributed by atoms with Gasteiger partial charge in [0.25, 0.3) is 0 Å². The molecule has 8 aromatic carbocycles. The number of hydrogen-bond acceptors (Lipinski definition) is 3. The molecular formula is C55H39N5. The number of nitrogens with zero attached hydrogens (tertiary/aromatic N) is 5. The van der Waals surface area contributed by atoms with Crippen LogP contribution in [0.5, 0.6) is 0 Å². The fraction of sp³-hybridized carbons (Fsp3) is 0.0727. The van der Waals surface area contributed by atoms with E-state index in [0.29, 0.717) is 0 Å². The van der Waals surface area contributed by atoms with Crippen molar-refractivity contribution >= 4 is 76.7 Å². The predicted octanol–water partition coefficient (Wildman–Crippen LogP) is 13.6. The maximum atomic E-state index is 5.55. The molecule has 2 unspecified atom stereocenters. The molecule has 284 valence electrons. The van der Waals surface area contributed by atoms with Gasteiger partial charge in [0, 0.05) is 44.6 Å². The highest BCUT2D eigenvalue weighted by Crippen LogP contribution is 2.44. The average Bonchev–Trinajstić information content (AvgIpc) is 3.82. The molecule has 1 aliphatic heterocycles. The monoisotopic (exact) mass is 769 g/mol. The van der Waals surface area contributed by atoms with Crippen LogP contribution in [0.2, 0.25) is 0 Å². The Bertz CT molecular complexity index is 3520. The van der Waals surface area contributed by atoms with Crippen molar-refractivity contribution in [1.29, 1.82) is 0 Å². The molecular weight excluding hydrogens is 731 g/mol. The normalized spacial score (nSPS) is 15.7. The van der Waals surface area contributed by atoms with Crippen LogP contribution in [0.25, 0.3) is 76.7 Å². The summed E-state index contributed by atoms with van der Waals surface area (Å²) in [4.78, 5) is 15.8. The van der Waals surface area contributed by atoms with E-state index in [1.165, 1.54) is 48.7 Å². The second kappa shape index (κ2) is 13.7. The number of benzene rings is 8. The molecule has 0 radical (unpaired) electrons. The number of aliphatic imine (C=N–C) groups is 2. The quantitative estimate of drug-likeness (QED) is 0.166. The van der Waals surface area contributed by atoms with Crippen molar-refractivity contribution in [2.24, 2.45) is 15.9 Å². The Morgan fingerprint density at radius 2 is 1.17 bits per heavy atom. The minimum Gasteiger partial charge on any atom is -0.309 e. The molecule has 0 aliphatic carbocycles. The second-order valence-corrected chi connectivity index (χ2v) is 15.8. The van der Waals surface area contributed by atoms with Crippen LogP contribution in [0.4, 0.5) is 0 Å². The molecule has 0 saturated carbocycles. The first kappa shape index (κ1) is 34.4. The Kier molecular flexibility index (Phi) is 7.88. The van der Waals surface area contributed by atoms with E-state index >= 15 is 0 Å². The van der Waals surface area contributed by atoms with Crippen molar-refractivity contribution in [1.82, 2.24) is 14.1 Å². The molecule has 0 fully saturated rings. The van der Waals surface area contributed by atoms with E-state index in [1.54, 1.807) is 0 Å². The van der Waals surface area contributed by atoms with E-state index in [9.17, 15) is 0 Å². The van der Waals surface area contributed by atoms with Crippen molar-refractivity contribution in [2.45, 2.75) is 19.4 Å². The SMILES string of the molecule is CCC1C(c2ccccc2)=NC(c2ccccc2)=NC1c1cc(-n2c3ccccc3c3cc4c5c6ccccc6ccc5n(-c5ccccn5)c4cc32)c2ccccc2c1. The minimum absolute atomic E-state index is 0.0792. The fourth-order valence-electron chi connectivity index (χ4n) is 9.84. The summed E-state index contributed by atoms with van der Waals surface area (Å²) in [5.74, 6) is 1.75. The lowest BCUT2D eigenvalue weighted by Crippen LogP contribution is -2.28. The first-order valence-corrected chi connectivity index (χ1v) is 20.8. The van der Waals surface area contributed by atoms with Gasteiger partial charge in [-0.05, 0) is 82.2 Å². The summed E-state index contributed by atoms with van der Waals surface area (Å²) < 4.78 is 4.83. The topological polar surface area (TPSA) is 47.5 Å². The molecule has 0 bridgehead atoms. The van der Waals surface area contributed by atoms with E-state index in [-0.39, 0.29) is 12.0 Å². The van der Waals surface area contributed by atoms with Crippen molar-refractivity contribution in [2.75, 3.05) is 0 Å². The molecule has 4 heterocycles. The van der Waals surface area contributed by atoms with Crippen molar-refractivity contribution in [3.05, 3.63) is 211 Å². The summed E-state index contributed by atoms with van der Waals surface area (Å²) in [6, 6.07) is 67.6. The lowest BCUT2D eigenvalue weighted by atomic mass is 9.82. The third-order valence-electron chi connectivity index (χ3n) is 12.5. The van der Waals surface area contributed by atoms with Crippen LogP contribution in [-0.2, 0) is 0 Å². The number of para-hydroxylation sites is 1. The summed E-state index contributed by atoms with van der Waals surface area (Å²) in [5, 5.41) is 9.72. The minimum atomic E-state index is -0.152. The van der Waals surface area contributed by atoms with Crippen molar-refractivity contribution in [3.63, 3.8) is 0 Å². The van der Waals surface area contributed by atoms with E-state index in [2.05, 4.69) is 192 Å². The van der Waals surface area contributed by atoms with Crippen LogP contribution >= 0.6 is 0 Å². The van der Waals surface area contributed by atoms with Crippen LogP contribution in [-0.4, -0.2) is 25.7 Å². The van der Waals surface area contributed by atoms with Gasteiger partial charge in [0.1, 0.15) is 5.82 Å². The van der Waals surface area contributed by atoms with Gasteiger partial charge in [0.05, 0.1) is 39.5 Å². The van der Waals surface area contributed by atoms with Gasteiger partial charge in [-0.2, -0.15) is 0 Å². The number of hydrogen-bond donors (Lipinski definition) is 0. The molecule has 0 amide bonds. The lowest BCUT2D eigenvalue weighted by molar-refractivity contribution is 0.533. The number of fused-ring (bicyclic) bond motifs is 9. The van der Waals surface area contributed by atoms with E-state index in [0.717, 1.165) is 62.7 Å². The molecule has 60 heavy (non-hydrogen) atoms. The maximum absolute atomic E-state index is 5.55. The van der Waals surface area contributed by atoms with Gasteiger partial charge in [-0.25, -0.2) is 9.98 Å². The summed E-state index contributed by atoms with van der Waals surface area (Å²) in [5.41, 5.74) is 10.1. The standard InChI is InChI=1S/C55H39N5/c1-2-40-53(36-18-5-3-6-19-36)57-55(37-20-7-4-8-21-37)58-54(40)39-31-38-22-10-11-23-41(38)48(32-39)59-46-26-14-13-25-43(46)44-33-45-50(34-49(44)59)60(51-27-15-16-30-56-51)47-29-28-35-17-9-12-24-42(35)52(45)47/h3-34,40,54H,2H2,1H3. The number of pyridine rings is 1. The molecule has 5 heteroatoms. The Labute approximate surface area is 347 Å². The second-order valence-electron chi connectivity index (χ2n) is 15.8. The summed E-state index contributed by atoms with van der Waals surface area (Å²) in [7, 11) is 0. The van der Waals surface area contributed by atoms with Gasteiger partial charge < -0.3 is 4.57 Å². The largest absolute Gasteiger partial charge is 0.309 e. The van der Waals surface area contributed by atoms with E-state index in [4.69, 9.17) is 15.0 Å². The van der Waals surface area contributed by atoms with E-state index < -0.39 is 0 Å². The smallest absolute Gasteiger partial charge is 0.155 e. The third-order valence-corrected chi connectivity index (χ3v) is 12.5. The average molecular weight is 770 g/mol. The van der Waals surface area contributed by atoms with Crippen LogP contribution in [0, 0.1) is 5.92 Å². The zero-order chi connectivity index (χ0) is 39.7. The first-order chi connectivity index (χ1) is 29.7. The Balaban J connectivity index is 1.16. The van der Waals surface area contributed by atoms with Gasteiger partial charge in [-0.15, -0.1) is 0 Å². The van der Waals surface area contributed by atoms with Crippen LogP contribution in [0.15, 0.2) is 204 Å². The fourth-order valence-corrected chi connectivity index (χ4v) is 9.84. The zero-order valence-electron chi connectivity index (χ0n) is 33.1. The first-order valence-electron chi connectivity index (χ1n) is 20.8. The molecule has 1 aliphatic rings. The number of amidine groups is 1. The third kappa shape index (κ3) is 5.29. The number of aromatic nitrogens is 3. The molecule has 2 atom stereocenters. The molecule has 5 nitrogen and oxygen atoms in total. The lowest BCUT2D eigenvalue weighted by Gasteiger charge is -2.30. The van der Waals surface area contributed by atoms with Crippen LogP contribution in [0.1, 0.15) is 36.1 Å². The van der Waals surface area contributed by atoms with Gasteiger partial charge >= 0.3 is 0 Å². The zero-order valence-corrected chi connectivity index (χ0v) is 33.1. The van der Waals surface area contributed by atoms with Crippen LogP contribution < -0.4 is 0 Å². The van der Waals surface area contributed by atoms with Crippen LogP contribution in [0.3, 0.4) is 0 Å². The van der Waals surface area contributed by atoms with Gasteiger partial charge in [0.2, 0.25) is 0 Å². The molecule has 0 saturated heterocycles. The summed E-state index contributed by atoms with van der Waals surface area (Å²) in [6.45, 7) is 2.27. The van der Waals surface area contributed by atoms with Gasteiger partial charge in [-0.1, -0.05) is 146 Å². The van der Waals surface area contributed by atoms with Crippen molar-refractivity contribution in [3.8, 4) is 11.5 Å². The molecule has 11 aromatic rings. The molecule has 0 spiro atoms. The summed E-state index contributed by atoms with van der Waals surface area (Å²) >= 11 is 0. The summed E-state index contributed by atoms with van der Waals surface area (Å²) in [6.07, 6.45) is 2.78. The Morgan fingerprint density at radius 3 is 1.95 bits per heavy atom. The van der Waals surface area contributed by atoms with Crippen molar-refractivity contribution < 1.29 is 0 Å².